The third kappa shape index (κ3) is 1.62. The third-order valence-corrected chi connectivity index (χ3v) is 3.11. The van der Waals surface area contributed by atoms with Crippen LogP contribution in [0.2, 0.25) is 0 Å². The van der Waals surface area contributed by atoms with E-state index in [0.29, 0.717) is 13.1 Å². The molecule has 0 radical (unpaired) electrons. The summed E-state index contributed by atoms with van der Waals surface area (Å²) in [5.74, 6) is 0.151. The molecule has 74 valence electrons. The van der Waals surface area contributed by atoms with E-state index in [1.165, 1.54) is 11.1 Å². The van der Waals surface area contributed by atoms with Crippen LogP contribution in [0.15, 0.2) is 24.3 Å². The molecule has 2 nitrogen and oxygen atoms in total. The Morgan fingerprint density at radius 2 is 2.29 bits per heavy atom. The fraction of sp³-hybridized carbons (Fsp3) is 0.364. The van der Waals surface area contributed by atoms with Crippen LogP contribution < -0.4 is 0 Å². The van der Waals surface area contributed by atoms with E-state index >= 15 is 0 Å². The van der Waals surface area contributed by atoms with Crippen molar-refractivity contribution in [2.45, 2.75) is 17.7 Å². The Morgan fingerprint density at radius 3 is 3.07 bits per heavy atom. The largest absolute Gasteiger partial charge is 0.467 e. The highest BCUT2D eigenvalue weighted by Crippen LogP contribution is 2.36. The summed E-state index contributed by atoms with van der Waals surface area (Å²) in [6.07, 6.45) is 0.866. The minimum Gasteiger partial charge on any atom is -0.467 e. The first kappa shape index (κ1) is 9.53. The number of benzene rings is 1. The molecule has 0 bridgehead atoms. The summed E-state index contributed by atoms with van der Waals surface area (Å²) in [5, 5.41) is 0.0485. The molecule has 1 aromatic rings. The molecule has 0 saturated heterocycles. The Balaban J connectivity index is 2.21. The number of carbonyl (C=O) groups is 1. The molecule has 0 aliphatic heterocycles. The van der Waals surface area contributed by atoms with Crippen molar-refractivity contribution < 1.29 is 9.53 Å². The quantitative estimate of drug-likeness (QED) is 0.564. The van der Waals surface area contributed by atoms with Gasteiger partial charge in [-0.05, 0) is 17.5 Å². The summed E-state index contributed by atoms with van der Waals surface area (Å²) < 4.78 is 4.78. The molecule has 2 unspecified atom stereocenters. The van der Waals surface area contributed by atoms with Gasteiger partial charge in [0.15, 0.2) is 0 Å². The molecular weight excluding hydrogens is 200 g/mol. The third-order valence-electron chi connectivity index (χ3n) is 2.65. The van der Waals surface area contributed by atoms with Crippen LogP contribution in [0.3, 0.4) is 0 Å². The number of halogens is 1. The van der Waals surface area contributed by atoms with E-state index in [1.807, 2.05) is 12.1 Å². The standard InChI is InChI=1S/C11H11ClO2/c12-11-5-8-3-1-2-4-9(8)10(11)6-14-7-13/h1-4,7,10-11H,5-6H2. The molecule has 2 atom stereocenters. The lowest BCUT2D eigenvalue weighted by Crippen LogP contribution is -2.13. The molecular formula is C11H11ClO2. The Labute approximate surface area is 87.8 Å². The maximum atomic E-state index is 10.1. The molecule has 0 amide bonds. The van der Waals surface area contributed by atoms with Gasteiger partial charge in [0.05, 0.1) is 6.61 Å². The molecule has 0 fully saturated rings. The molecule has 0 saturated carbocycles. The maximum Gasteiger partial charge on any atom is 0.293 e. The molecule has 0 spiro atoms. The summed E-state index contributed by atoms with van der Waals surface area (Å²) in [6, 6.07) is 8.12. The highest BCUT2D eigenvalue weighted by molar-refractivity contribution is 6.21. The van der Waals surface area contributed by atoms with Crippen LogP contribution in [0.25, 0.3) is 0 Å². The van der Waals surface area contributed by atoms with Gasteiger partial charge in [0, 0.05) is 11.3 Å². The van der Waals surface area contributed by atoms with Crippen molar-refractivity contribution in [3.63, 3.8) is 0 Å². The van der Waals surface area contributed by atoms with Crippen molar-refractivity contribution in [1.82, 2.24) is 0 Å². The highest BCUT2D eigenvalue weighted by atomic mass is 35.5. The van der Waals surface area contributed by atoms with Gasteiger partial charge < -0.3 is 4.74 Å². The average molecular weight is 211 g/mol. The Kier molecular flexibility index (Phi) is 2.73. The number of fused-ring (bicyclic) bond motifs is 1. The first-order valence-electron chi connectivity index (χ1n) is 4.60. The van der Waals surface area contributed by atoms with Crippen LogP contribution in [0.4, 0.5) is 0 Å². The van der Waals surface area contributed by atoms with E-state index in [1.54, 1.807) is 0 Å². The second-order valence-electron chi connectivity index (χ2n) is 3.45. The zero-order valence-corrected chi connectivity index (χ0v) is 8.41. The Morgan fingerprint density at radius 1 is 1.50 bits per heavy atom. The summed E-state index contributed by atoms with van der Waals surface area (Å²) in [7, 11) is 0. The predicted molar refractivity (Wildman–Crippen MR) is 54.5 cm³/mol. The van der Waals surface area contributed by atoms with Crippen LogP contribution >= 0.6 is 11.6 Å². The van der Waals surface area contributed by atoms with Gasteiger partial charge in [-0.3, -0.25) is 4.79 Å². The Bertz CT molecular complexity index is 338. The van der Waals surface area contributed by atoms with Crippen LogP contribution in [-0.2, 0) is 16.0 Å². The zero-order chi connectivity index (χ0) is 9.97. The van der Waals surface area contributed by atoms with Crippen molar-refractivity contribution in [3.8, 4) is 0 Å². The van der Waals surface area contributed by atoms with Crippen molar-refractivity contribution in [2.75, 3.05) is 6.61 Å². The lowest BCUT2D eigenvalue weighted by molar-refractivity contribution is -0.129. The van der Waals surface area contributed by atoms with Gasteiger partial charge in [0.2, 0.25) is 0 Å². The van der Waals surface area contributed by atoms with E-state index in [9.17, 15) is 4.79 Å². The first-order valence-corrected chi connectivity index (χ1v) is 5.03. The van der Waals surface area contributed by atoms with Gasteiger partial charge in [-0.1, -0.05) is 24.3 Å². The second kappa shape index (κ2) is 4.01. The van der Waals surface area contributed by atoms with Gasteiger partial charge in [-0.15, -0.1) is 11.6 Å². The molecule has 0 N–H and O–H groups in total. The number of alkyl halides is 1. The minimum atomic E-state index is 0.0485. The van der Waals surface area contributed by atoms with Gasteiger partial charge in [-0.25, -0.2) is 0 Å². The molecule has 14 heavy (non-hydrogen) atoms. The highest BCUT2D eigenvalue weighted by Gasteiger charge is 2.30. The lowest BCUT2D eigenvalue weighted by atomic mass is 10.0. The van der Waals surface area contributed by atoms with Gasteiger partial charge in [-0.2, -0.15) is 0 Å². The van der Waals surface area contributed by atoms with Gasteiger partial charge in [0.25, 0.3) is 6.47 Å². The molecule has 1 aromatic carbocycles. The smallest absolute Gasteiger partial charge is 0.293 e. The zero-order valence-electron chi connectivity index (χ0n) is 7.65. The van der Waals surface area contributed by atoms with Crippen LogP contribution in [-0.4, -0.2) is 18.5 Å². The Hall–Kier alpha value is -1.02. The summed E-state index contributed by atoms with van der Waals surface area (Å²) >= 11 is 6.18. The van der Waals surface area contributed by atoms with Crippen LogP contribution in [0.1, 0.15) is 17.0 Å². The number of rotatable bonds is 3. The first-order chi connectivity index (χ1) is 6.83. The minimum absolute atomic E-state index is 0.0485. The molecule has 1 aliphatic carbocycles. The van der Waals surface area contributed by atoms with Crippen LogP contribution in [0, 0.1) is 0 Å². The van der Waals surface area contributed by atoms with Crippen molar-refractivity contribution in [1.29, 1.82) is 0 Å². The van der Waals surface area contributed by atoms with Crippen molar-refractivity contribution in [3.05, 3.63) is 35.4 Å². The monoisotopic (exact) mass is 210 g/mol. The molecule has 2 rings (SSSR count). The van der Waals surface area contributed by atoms with E-state index < -0.39 is 0 Å². The SMILES string of the molecule is O=COCC1c2ccccc2CC1Cl. The normalized spacial score (nSPS) is 24.4. The second-order valence-corrected chi connectivity index (χ2v) is 4.02. The summed E-state index contributed by atoms with van der Waals surface area (Å²) in [4.78, 5) is 10.1. The summed E-state index contributed by atoms with van der Waals surface area (Å²) in [6.45, 7) is 0.860. The molecule has 1 aliphatic rings. The van der Waals surface area contributed by atoms with Gasteiger partial charge >= 0.3 is 0 Å². The molecule has 3 heteroatoms. The topological polar surface area (TPSA) is 26.3 Å². The van der Waals surface area contributed by atoms with Crippen molar-refractivity contribution >= 4 is 18.1 Å². The summed E-state index contributed by atoms with van der Waals surface area (Å²) in [5.41, 5.74) is 2.49. The number of hydrogen-bond acceptors (Lipinski definition) is 2. The fourth-order valence-corrected chi connectivity index (χ4v) is 2.34. The maximum absolute atomic E-state index is 10.1. The number of carbonyl (C=O) groups excluding carboxylic acids is 1. The van der Waals surface area contributed by atoms with E-state index in [4.69, 9.17) is 16.3 Å². The fourth-order valence-electron chi connectivity index (χ4n) is 1.97. The number of hydrogen-bond donors (Lipinski definition) is 0. The van der Waals surface area contributed by atoms with Crippen LogP contribution in [0.5, 0.6) is 0 Å². The molecule has 0 aromatic heterocycles. The lowest BCUT2D eigenvalue weighted by Gasteiger charge is -2.13. The van der Waals surface area contributed by atoms with E-state index in [0.717, 1.165) is 6.42 Å². The predicted octanol–water partition coefficient (Wildman–Crippen LogP) is 2.11. The van der Waals surface area contributed by atoms with E-state index in [-0.39, 0.29) is 11.3 Å². The number of ether oxygens (including phenoxy) is 1. The van der Waals surface area contributed by atoms with Gasteiger partial charge in [0.1, 0.15) is 0 Å². The van der Waals surface area contributed by atoms with E-state index in [2.05, 4.69) is 12.1 Å². The molecule has 0 heterocycles. The van der Waals surface area contributed by atoms with Crippen molar-refractivity contribution in [2.24, 2.45) is 0 Å². The average Bonchev–Trinajstić information content (AvgIpc) is 2.51.